The molecule has 3 unspecified atom stereocenters. The molecule has 1 fully saturated rings. The Kier molecular flexibility index (Phi) is 5.89. The number of allylic oxidation sites excluding steroid dienone is 2. The van der Waals surface area contributed by atoms with Gasteiger partial charge in [-0.1, -0.05) is 36.1 Å². The molecule has 0 bridgehead atoms. The maximum atomic E-state index is 15.0. The average Bonchev–Trinajstić information content (AvgIpc) is 2.66. The first-order valence-electron chi connectivity index (χ1n) is 9.28. The summed E-state index contributed by atoms with van der Waals surface area (Å²) in [4.78, 5) is 0. The van der Waals surface area contributed by atoms with E-state index in [0.717, 1.165) is 18.9 Å². The molecule has 1 saturated carbocycles. The Bertz CT molecular complexity index is 906. The smallest absolute Gasteiger partial charge is 0.202 e. The molecule has 2 aromatic rings. The van der Waals surface area contributed by atoms with Crippen LogP contribution in [0.5, 0.6) is 0 Å². The van der Waals surface area contributed by atoms with Gasteiger partial charge in [-0.2, -0.15) is 0 Å². The Balaban J connectivity index is 1.75. The number of fused-ring (bicyclic) bond motifs is 1. The predicted octanol–water partition coefficient (Wildman–Crippen LogP) is 6.67. The highest BCUT2D eigenvalue weighted by Gasteiger charge is 2.43. The van der Waals surface area contributed by atoms with Crippen LogP contribution in [0.4, 0.5) is 17.6 Å². The average molecular weight is 374 g/mol. The Morgan fingerprint density at radius 3 is 2.78 bits per heavy atom. The Hall–Kier alpha value is -2.28. The number of rotatable bonds is 3. The molecule has 4 heteroatoms. The minimum absolute atomic E-state index is 0.0785. The Morgan fingerprint density at radius 1 is 1.22 bits per heavy atom. The SMILES string of the molecule is C/C=C/CCC1CCC(F)(C#Cc2ccc3c(F)c(F)ccc3c2)C(F)C1. The second-order valence-electron chi connectivity index (χ2n) is 7.16. The van der Waals surface area contributed by atoms with Gasteiger partial charge in [0.2, 0.25) is 5.67 Å². The van der Waals surface area contributed by atoms with Gasteiger partial charge in [0.1, 0.15) is 6.17 Å². The van der Waals surface area contributed by atoms with Crippen LogP contribution in [-0.4, -0.2) is 11.8 Å². The fourth-order valence-corrected chi connectivity index (χ4v) is 3.59. The van der Waals surface area contributed by atoms with Crippen molar-refractivity contribution in [2.45, 2.75) is 50.9 Å². The van der Waals surface area contributed by atoms with E-state index < -0.39 is 23.5 Å². The summed E-state index contributed by atoms with van der Waals surface area (Å²) in [7, 11) is 0. The maximum Gasteiger partial charge on any atom is 0.202 e. The second kappa shape index (κ2) is 8.17. The van der Waals surface area contributed by atoms with Crippen molar-refractivity contribution in [1.29, 1.82) is 0 Å². The molecule has 0 amide bonds. The predicted molar refractivity (Wildman–Crippen MR) is 101 cm³/mol. The molecule has 0 aromatic heterocycles. The quantitative estimate of drug-likeness (QED) is 0.320. The highest BCUT2D eigenvalue weighted by atomic mass is 19.2. The first-order valence-corrected chi connectivity index (χ1v) is 9.28. The third-order valence-electron chi connectivity index (χ3n) is 5.25. The minimum atomic E-state index is -2.15. The highest BCUT2D eigenvalue weighted by Crippen LogP contribution is 2.39. The van der Waals surface area contributed by atoms with Crippen molar-refractivity contribution in [3.05, 3.63) is 59.7 Å². The summed E-state index contributed by atoms with van der Waals surface area (Å²) in [6, 6.07) is 6.95. The van der Waals surface area contributed by atoms with Gasteiger partial charge in [0.05, 0.1) is 0 Å². The zero-order valence-electron chi connectivity index (χ0n) is 15.2. The summed E-state index contributed by atoms with van der Waals surface area (Å²) in [5, 5.41) is 0.610. The lowest BCUT2D eigenvalue weighted by Crippen LogP contribution is -2.39. The largest absolute Gasteiger partial charge is 0.243 e. The van der Waals surface area contributed by atoms with Crippen LogP contribution in [-0.2, 0) is 0 Å². The van der Waals surface area contributed by atoms with Gasteiger partial charge in [-0.25, -0.2) is 17.6 Å². The lowest BCUT2D eigenvalue weighted by molar-refractivity contribution is 0.0365. The lowest BCUT2D eigenvalue weighted by atomic mass is 9.77. The number of hydrogen-bond acceptors (Lipinski definition) is 0. The van der Waals surface area contributed by atoms with Gasteiger partial charge in [-0.05, 0) is 68.5 Å². The third kappa shape index (κ3) is 4.35. The molecule has 0 saturated heterocycles. The molecule has 0 radical (unpaired) electrons. The molecule has 0 heterocycles. The lowest BCUT2D eigenvalue weighted by Gasteiger charge is -2.33. The third-order valence-corrected chi connectivity index (χ3v) is 5.25. The van der Waals surface area contributed by atoms with E-state index >= 15 is 0 Å². The summed E-state index contributed by atoms with van der Waals surface area (Å²) < 4.78 is 56.4. The van der Waals surface area contributed by atoms with Crippen molar-refractivity contribution in [1.82, 2.24) is 0 Å². The first kappa shape index (κ1) is 19.5. The molecular weight excluding hydrogens is 352 g/mol. The van der Waals surface area contributed by atoms with Crippen LogP contribution in [0.25, 0.3) is 10.8 Å². The van der Waals surface area contributed by atoms with Gasteiger partial charge < -0.3 is 0 Å². The summed E-state index contributed by atoms with van der Waals surface area (Å²) in [5.41, 5.74) is -1.70. The van der Waals surface area contributed by atoms with Gasteiger partial charge in [0, 0.05) is 10.9 Å². The van der Waals surface area contributed by atoms with E-state index in [1.54, 1.807) is 6.07 Å². The Morgan fingerprint density at radius 2 is 2.04 bits per heavy atom. The highest BCUT2D eigenvalue weighted by molar-refractivity contribution is 5.84. The fraction of sp³-hybridized carbons (Fsp3) is 0.391. The van der Waals surface area contributed by atoms with E-state index in [0.29, 0.717) is 17.4 Å². The molecule has 1 aliphatic rings. The minimum Gasteiger partial charge on any atom is -0.243 e. The number of alkyl halides is 2. The van der Waals surface area contributed by atoms with Crippen molar-refractivity contribution in [3.63, 3.8) is 0 Å². The standard InChI is InChI=1S/C23H22F4/c1-2-3-4-5-16-10-12-23(27,21(25)15-16)13-11-17-6-8-19-18(14-17)7-9-20(24)22(19)26/h2-3,6-9,14,16,21H,4-5,10,12,15H2,1H3/b3-2+. The zero-order chi connectivity index (χ0) is 19.4. The van der Waals surface area contributed by atoms with Crippen LogP contribution in [0.15, 0.2) is 42.5 Å². The monoisotopic (exact) mass is 374 g/mol. The molecule has 0 nitrogen and oxygen atoms in total. The topological polar surface area (TPSA) is 0 Å². The van der Waals surface area contributed by atoms with Crippen molar-refractivity contribution >= 4 is 10.8 Å². The van der Waals surface area contributed by atoms with Crippen LogP contribution in [0.1, 0.15) is 44.6 Å². The summed E-state index contributed by atoms with van der Waals surface area (Å²) in [6.45, 7) is 1.94. The molecule has 0 aliphatic heterocycles. The molecule has 0 N–H and O–H groups in total. The van der Waals surface area contributed by atoms with Crippen molar-refractivity contribution < 1.29 is 17.6 Å². The molecule has 0 spiro atoms. The maximum absolute atomic E-state index is 15.0. The van der Waals surface area contributed by atoms with Crippen LogP contribution in [0.2, 0.25) is 0 Å². The van der Waals surface area contributed by atoms with Crippen molar-refractivity contribution in [2.24, 2.45) is 5.92 Å². The molecule has 3 atom stereocenters. The number of hydrogen-bond donors (Lipinski definition) is 0. The summed E-state index contributed by atoms with van der Waals surface area (Å²) in [6.07, 6.45) is 5.02. The van der Waals surface area contributed by atoms with Gasteiger partial charge in [-0.3, -0.25) is 0 Å². The van der Waals surface area contributed by atoms with Gasteiger partial charge in [0.15, 0.2) is 11.6 Å². The molecule has 1 aliphatic carbocycles. The molecule has 27 heavy (non-hydrogen) atoms. The van der Waals surface area contributed by atoms with E-state index in [4.69, 9.17) is 0 Å². The zero-order valence-corrected chi connectivity index (χ0v) is 15.2. The van der Waals surface area contributed by atoms with E-state index in [2.05, 4.69) is 11.8 Å². The van der Waals surface area contributed by atoms with E-state index in [1.165, 1.54) is 18.2 Å². The van der Waals surface area contributed by atoms with Crippen LogP contribution >= 0.6 is 0 Å². The second-order valence-corrected chi connectivity index (χ2v) is 7.16. The summed E-state index contributed by atoms with van der Waals surface area (Å²) in [5.74, 6) is 3.49. The van der Waals surface area contributed by atoms with Crippen LogP contribution in [0.3, 0.4) is 0 Å². The van der Waals surface area contributed by atoms with Crippen LogP contribution in [0, 0.1) is 29.4 Å². The van der Waals surface area contributed by atoms with Crippen LogP contribution < -0.4 is 0 Å². The van der Waals surface area contributed by atoms with Gasteiger partial charge in [0.25, 0.3) is 0 Å². The van der Waals surface area contributed by atoms with E-state index in [1.807, 2.05) is 19.1 Å². The van der Waals surface area contributed by atoms with E-state index in [9.17, 15) is 17.6 Å². The number of benzene rings is 2. The molecule has 3 rings (SSSR count). The first-order chi connectivity index (χ1) is 12.9. The van der Waals surface area contributed by atoms with Gasteiger partial charge >= 0.3 is 0 Å². The van der Waals surface area contributed by atoms with Crippen molar-refractivity contribution in [2.75, 3.05) is 0 Å². The van der Waals surface area contributed by atoms with E-state index in [-0.39, 0.29) is 24.1 Å². The molecule has 2 aromatic carbocycles. The normalized spacial score (nSPS) is 25.5. The Labute approximate surface area is 157 Å². The molecule has 142 valence electrons. The summed E-state index contributed by atoms with van der Waals surface area (Å²) >= 11 is 0. The molecular formula is C23H22F4. The van der Waals surface area contributed by atoms with Gasteiger partial charge in [-0.15, -0.1) is 0 Å². The number of halogens is 4. The van der Waals surface area contributed by atoms with Crippen molar-refractivity contribution in [3.8, 4) is 11.8 Å². The fourth-order valence-electron chi connectivity index (χ4n) is 3.59.